The van der Waals surface area contributed by atoms with Crippen LogP contribution in [0.3, 0.4) is 0 Å². The summed E-state index contributed by atoms with van der Waals surface area (Å²) in [6.45, 7) is 4.66. The van der Waals surface area contributed by atoms with E-state index in [1.54, 1.807) is 0 Å². The SMILES string of the molecule is CCCOCC(=O)C(C)C(N)c1ccccc1. The monoisotopic (exact) mass is 235 g/mol. The molecule has 94 valence electrons. The minimum atomic E-state index is -0.256. The van der Waals surface area contributed by atoms with E-state index in [9.17, 15) is 4.79 Å². The predicted octanol–water partition coefficient (Wildman–Crippen LogP) is 2.32. The second-order valence-electron chi connectivity index (χ2n) is 4.24. The van der Waals surface area contributed by atoms with Crippen molar-refractivity contribution < 1.29 is 9.53 Å². The number of ketones is 1. The van der Waals surface area contributed by atoms with E-state index in [0.717, 1.165) is 12.0 Å². The van der Waals surface area contributed by atoms with E-state index in [0.29, 0.717) is 6.61 Å². The fraction of sp³-hybridized carbons (Fsp3) is 0.500. The summed E-state index contributed by atoms with van der Waals surface area (Å²) in [5, 5.41) is 0. The quantitative estimate of drug-likeness (QED) is 0.738. The Morgan fingerprint density at radius 1 is 1.35 bits per heavy atom. The lowest BCUT2D eigenvalue weighted by molar-refractivity contribution is -0.127. The molecule has 2 unspecified atom stereocenters. The third-order valence-corrected chi connectivity index (χ3v) is 2.82. The first-order valence-corrected chi connectivity index (χ1v) is 6.07. The summed E-state index contributed by atoms with van der Waals surface area (Å²) in [6, 6.07) is 9.43. The van der Waals surface area contributed by atoms with Crippen LogP contribution in [0.25, 0.3) is 0 Å². The second kappa shape index (κ2) is 7.20. The maximum absolute atomic E-state index is 11.8. The van der Waals surface area contributed by atoms with Gasteiger partial charge >= 0.3 is 0 Å². The molecule has 3 nitrogen and oxygen atoms in total. The van der Waals surface area contributed by atoms with Crippen molar-refractivity contribution in [2.75, 3.05) is 13.2 Å². The van der Waals surface area contributed by atoms with Gasteiger partial charge in [0.1, 0.15) is 6.61 Å². The van der Waals surface area contributed by atoms with Crippen molar-refractivity contribution in [2.24, 2.45) is 11.7 Å². The average molecular weight is 235 g/mol. The summed E-state index contributed by atoms with van der Waals surface area (Å²) in [5.41, 5.74) is 7.06. The summed E-state index contributed by atoms with van der Waals surface area (Å²) in [6.07, 6.45) is 0.923. The van der Waals surface area contributed by atoms with Crippen molar-refractivity contribution in [3.8, 4) is 0 Å². The minimum absolute atomic E-state index is 0.0646. The van der Waals surface area contributed by atoms with Gasteiger partial charge in [0.25, 0.3) is 0 Å². The molecule has 0 aliphatic heterocycles. The van der Waals surface area contributed by atoms with Gasteiger partial charge in [-0.05, 0) is 12.0 Å². The lowest BCUT2D eigenvalue weighted by Crippen LogP contribution is -2.28. The molecule has 2 atom stereocenters. The predicted molar refractivity (Wildman–Crippen MR) is 68.7 cm³/mol. The van der Waals surface area contributed by atoms with Crippen molar-refractivity contribution in [2.45, 2.75) is 26.3 Å². The van der Waals surface area contributed by atoms with Crippen LogP contribution in [0, 0.1) is 5.92 Å². The second-order valence-corrected chi connectivity index (χ2v) is 4.24. The molecule has 0 aliphatic carbocycles. The minimum Gasteiger partial charge on any atom is -0.374 e. The van der Waals surface area contributed by atoms with Gasteiger partial charge < -0.3 is 10.5 Å². The van der Waals surface area contributed by atoms with Gasteiger partial charge in [-0.25, -0.2) is 0 Å². The van der Waals surface area contributed by atoms with Crippen LogP contribution in [0.5, 0.6) is 0 Å². The number of rotatable bonds is 7. The molecule has 0 heterocycles. The largest absolute Gasteiger partial charge is 0.374 e. The van der Waals surface area contributed by atoms with E-state index in [2.05, 4.69) is 0 Å². The zero-order chi connectivity index (χ0) is 12.7. The van der Waals surface area contributed by atoms with Crippen LogP contribution >= 0.6 is 0 Å². The van der Waals surface area contributed by atoms with Gasteiger partial charge in [0.2, 0.25) is 0 Å². The molecule has 0 saturated carbocycles. The Morgan fingerprint density at radius 3 is 2.59 bits per heavy atom. The molecule has 0 radical (unpaired) electrons. The maximum atomic E-state index is 11.8. The normalized spacial score (nSPS) is 14.3. The first kappa shape index (κ1) is 13.9. The van der Waals surface area contributed by atoms with Gasteiger partial charge in [0.15, 0.2) is 5.78 Å². The Bertz CT molecular complexity index is 337. The number of carbonyl (C=O) groups is 1. The molecular weight excluding hydrogens is 214 g/mol. The molecule has 0 saturated heterocycles. The topological polar surface area (TPSA) is 52.3 Å². The van der Waals surface area contributed by atoms with Crippen molar-refractivity contribution >= 4 is 5.78 Å². The van der Waals surface area contributed by atoms with Crippen LogP contribution < -0.4 is 5.73 Å². The van der Waals surface area contributed by atoms with E-state index in [1.165, 1.54) is 0 Å². The zero-order valence-electron chi connectivity index (χ0n) is 10.6. The van der Waals surface area contributed by atoms with Crippen molar-refractivity contribution in [1.82, 2.24) is 0 Å². The number of benzene rings is 1. The number of hydrogen-bond donors (Lipinski definition) is 1. The van der Waals surface area contributed by atoms with Gasteiger partial charge in [0.05, 0.1) is 0 Å². The smallest absolute Gasteiger partial charge is 0.163 e. The lowest BCUT2D eigenvalue weighted by atomic mass is 9.92. The molecule has 17 heavy (non-hydrogen) atoms. The molecule has 0 fully saturated rings. The Hall–Kier alpha value is -1.19. The van der Waals surface area contributed by atoms with Gasteiger partial charge in [-0.15, -0.1) is 0 Å². The highest BCUT2D eigenvalue weighted by atomic mass is 16.5. The van der Waals surface area contributed by atoms with Gasteiger partial charge in [-0.3, -0.25) is 4.79 Å². The van der Waals surface area contributed by atoms with E-state index in [4.69, 9.17) is 10.5 Å². The van der Waals surface area contributed by atoms with E-state index >= 15 is 0 Å². The summed E-state index contributed by atoms with van der Waals surface area (Å²) in [4.78, 5) is 11.8. The maximum Gasteiger partial charge on any atom is 0.163 e. The van der Waals surface area contributed by atoms with Crippen LogP contribution in [0.15, 0.2) is 30.3 Å². The zero-order valence-corrected chi connectivity index (χ0v) is 10.6. The molecule has 2 N–H and O–H groups in total. The third kappa shape index (κ3) is 4.29. The Kier molecular flexibility index (Phi) is 5.87. The summed E-state index contributed by atoms with van der Waals surface area (Å²) in [5.74, 6) is -0.149. The van der Waals surface area contributed by atoms with Crippen LogP contribution in [0.1, 0.15) is 31.9 Å². The molecule has 1 aromatic carbocycles. The van der Waals surface area contributed by atoms with Gasteiger partial charge in [0, 0.05) is 18.6 Å². The molecule has 1 aromatic rings. The molecule has 0 spiro atoms. The molecule has 0 amide bonds. The van der Waals surface area contributed by atoms with Crippen molar-refractivity contribution in [1.29, 1.82) is 0 Å². The molecule has 1 rings (SSSR count). The van der Waals surface area contributed by atoms with Crippen LogP contribution in [-0.2, 0) is 9.53 Å². The number of Topliss-reactive ketones (excluding diaryl/α,β-unsaturated/α-hetero) is 1. The average Bonchev–Trinajstić information content (AvgIpc) is 2.38. The summed E-state index contributed by atoms with van der Waals surface area (Å²) in [7, 11) is 0. The Morgan fingerprint density at radius 2 is 2.00 bits per heavy atom. The number of hydrogen-bond acceptors (Lipinski definition) is 3. The van der Waals surface area contributed by atoms with E-state index in [1.807, 2.05) is 44.2 Å². The lowest BCUT2D eigenvalue weighted by Gasteiger charge is -2.19. The fourth-order valence-corrected chi connectivity index (χ4v) is 1.61. The van der Waals surface area contributed by atoms with Crippen molar-refractivity contribution in [3.05, 3.63) is 35.9 Å². The molecule has 0 bridgehead atoms. The highest BCUT2D eigenvalue weighted by molar-refractivity contribution is 5.82. The fourth-order valence-electron chi connectivity index (χ4n) is 1.61. The Balaban J connectivity index is 2.51. The number of nitrogens with two attached hydrogens (primary N) is 1. The summed E-state index contributed by atoms with van der Waals surface area (Å²) >= 11 is 0. The van der Waals surface area contributed by atoms with Crippen LogP contribution in [-0.4, -0.2) is 19.0 Å². The third-order valence-electron chi connectivity index (χ3n) is 2.82. The van der Waals surface area contributed by atoms with Crippen LogP contribution in [0.4, 0.5) is 0 Å². The van der Waals surface area contributed by atoms with E-state index in [-0.39, 0.29) is 24.3 Å². The highest BCUT2D eigenvalue weighted by Gasteiger charge is 2.21. The summed E-state index contributed by atoms with van der Waals surface area (Å²) < 4.78 is 5.25. The number of carbonyl (C=O) groups excluding carboxylic acids is 1. The van der Waals surface area contributed by atoms with Gasteiger partial charge in [-0.1, -0.05) is 44.2 Å². The number of ether oxygens (including phenoxy) is 1. The van der Waals surface area contributed by atoms with Crippen LogP contribution in [0.2, 0.25) is 0 Å². The molecule has 3 heteroatoms. The first-order chi connectivity index (χ1) is 8.16. The van der Waals surface area contributed by atoms with E-state index < -0.39 is 0 Å². The first-order valence-electron chi connectivity index (χ1n) is 6.07. The highest BCUT2D eigenvalue weighted by Crippen LogP contribution is 2.19. The molecule has 0 aliphatic rings. The standard InChI is InChI=1S/C14H21NO2/c1-3-9-17-10-13(16)11(2)14(15)12-7-5-4-6-8-12/h4-8,11,14H,3,9-10,15H2,1-2H3. The Labute approximate surface area is 103 Å². The van der Waals surface area contributed by atoms with Gasteiger partial charge in [-0.2, -0.15) is 0 Å². The molecular formula is C14H21NO2. The molecule has 0 aromatic heterocycles. The van der Waals surface area contributed by atoms with Crippen molar-refractivity contribution in [3.63, 3.8) is 0 Å².